The summed E-state index contributed by atoms with van der Waals surface area (Å²) in [6, 6.07) is -0.291. The molecule has 0 saturated carbocycles. The predicted molar refractivity (Wildman–Crippen MR) is 61.6 cm³/mol. The van der Waals surface area contributed by atoms with E-state index < -0.39 is 16.5 Å². The van der Waals surface area contributed by atoms with E-state index in [9.17, 15) is 13.2 Å². The normalized spacial score (nSPS) is 24.8. The Morgan fingerprint density at radius 3 is 2.72 bits per heavy atom. The number of nitrogens with zero attached hydrogens (tertiary/aromatic N) is 2. The first kappa shape index (κ1) is 13.1. The highest BCUT2D eigenvalue weighted by Crippen LogP contribution is 2.23. The molecule has 1 saturated heterocycles. The van der Waals surface area contributed by atoms with Gasteiger partial charge >= 0.3 is 6.03 Å². The molecule has 0 aromatic carbocycles. The van der Waals surface area contributed by atoms with E-state index in [2.05, 4.69) is 5.32 Å². The highest BCUT2D eigenvalue weighted by atomic mass is 32.2. The first-order valence-electron chi connectivity index (χ1n) is 5.35. The van der Waals surface area contributed by atoms with Crippen molar-refractivity contribution >= 4 is 16.1 Å². The van der Waals surface area contributed by atoms with Gasteiger partial charge in [0.1, 0.15) is 12.4 Å². The summed E-state index contributed by atoms with van der Waals surface area (Å²) in [6.07, 6.45) is 3.04. The number of carbonyl (C=O) groups is 1. The molecule has 2 aliphatic heterocycles. The summed E-state index contributed by atoms with van der Waals surface area (Å²) in [7, 11) is -1.92. The second-order valence-corrected chi connectivity index (χ2v) is 5.69. The zero-order chi connectivity index (χ0) is 13.3. The quantitative estimate of drug-likeness (QED) is 0.671. The van der Waals surface area contributed by atoms with Crippen molar-refractivity contribution in [3.63, 3.8) is 0 Å². The molecule has 102 valence electrons. The van der Waals surface area contributed by atoms with Crippen molar-refractivity contribution in [3.8, 4) is 0 Å². The van der Waals surface area contributed by atoms with Crippen LogP contribution in [0, 0.1) is 0 Å². The number of rotatable bonds is 3. The third kappa shape index (κ3) is 2.74. The third-order valence-electron chi connectivity index (χ3n) is 2.61. The van der Waals surface area contributed by atoms with Crippen molar-refractivity contribution in [3.05, 3.63) is 12.5 Å². The maximum atomic E-state index is 11.5. The number of likely N-dealkylation sites (tertiary alicyclic amines) is 1. The maximum Gasteiger partial charge on any atom is 0.325 e. The average molecular weight is 277 g/mol. The Kier molecular flexibility index (Phi) is 3.46. The Bertz CT molecular complexity index is 457. The molecule has 1 unspecified atom stereocenters. The van der Waals surface area contributed by atoms with Crippen molar-refractivity contribution < 1.29 is 22.1 Å². The Hall–Kier alpha value is -1.32. The van der Waals surface area contributed by atoms with Crippen LogP contribution in [0.4, 0.5) is 4.79 Å². The number of hydrogen-bond donors (Lipinski definition) is 1. The van der Waals surface area contributed by atoms with E-state index in [4.69, 9.17) is 8.92 Å². The van der Waals surface area contributed by atoms with Crippen molar-refractivity contribution in [2.24, 2.45) is 0 Å². The van der Waals surface area contributed by atoms with Gasteiger partial charge in [0, 0.05) is 26.3 Å². The topological polar surface area (TPSA) is 88.2 Å². The average Bonchev–Trinajstić information content (AvgIpc) is 2.68. The smallest absolute Gasteiger partial charge is 0.325 e. The van der Waals surface area contributed by atoms with Gasteiger partial charge in [-0.2, -0.15) is 8.42 Å². The Labute approximate surface area is 105 Å². The molecule has 0 aromatic heterocycles. The molecule has 8 nitrogen and oxygen atoms in total. The van der Waals surface area contributed by atoms with Gasteiger partial charge in [0.25, 0.3) is 10.1 Å². The zero-order valence-corrected chi connectivity index (χ0v) is 10.9. The fourth-order valence-electron chi connectivity index (χ4n) is 1.83. The summed E-state index contributed by atoms with van der Waals surface area (Å²) in [5.41, 5.74) is 0. The molecular weight excluding hydrogens is 262 g/mol. The van der Waals surface area contributed by atoms with E-state index in [1.54, 1.807) is 4.90 Å². The zero-order valence-electron chi connectivity index (χ0n) is 10.1. The lowest BCUT2D eigenvalue weighted by Gasteiger charge is -2.42. The summed E-state index contributed by atoms with van der Waals surface area (Å²) in [6.45, 7) is 0.791. The van der Waals surface area contributed by atoms with Gasteiger partial charge in [-0.1, -0.05) is 0 Å². The van der Waals surface area contributed by atoms with E-state index in [0.29, 0.717) is 13.1 Å². The van der Waals surface area contributed by atoms with Crippen LogP contribution in [0.15, 0.2) is 12.5 Å². The molecule has 2 aliphatic rings. The number of hydrogen-bond acceptors (Lipinski definition) is 6. The number of carbonyl (C=O) groups excluding carboxylic acids is 1. The van der Waals surface area contributed by atoms with Gasteiger partial charge < -0.3 is 10.1 Å². The van der Waals surface area contributed by atoms with Crippen molar-refractivity contribution in [2.75, 3.05) is 26.4 Å². The minimum atomic E-state index is -3.44. The van der Waals surface area contributed by atoms with E-state index in [1.807, 2.05) is 0 Å². The summed E-state index contributed by atoms with van der Waals surface area (Å²) in [4.78, 5) is 14.7. The fraction of sp³-hybridized carbons (Fsp3) is 0.667. The molecule has 2 heterocycles. The van der Waals surface area contributed by atoms with Crippen LogP contribution in [0.3, 0.4) is 0 Å². The third-order valence-corrected chi connectivity index (χ3v) is 3.23. The lowest BCUT2D eigenvalue weighted by atomic mass is 10.2. The predicted octanol–water partition coefficient (Wildman–Crippen LogP) is -0.927. The molecule has 0 aliphatic carbocycles. The van der Waals surface area contributed by atoms with E-state index in [1.165, 1.54) is 24.4 Å². The number of urea groups is 1. The van der Waals surface area contributed by atoms with Crippen molar-refractivity contribution in [2.45, 2.75) is 12.5 Å². The van der Waals surface area contributed by atoms with Gasteiger partial charge in [-0.3, -0.25) is 4.18 Å². The van der Waals surface area contributed by atoms with Gasteiger partial charge in [-0.05, 0) is 0 Å². The number of ether oxygens (including phenoxy) is 1. The summed E-state index contributed by atoms with van der Waals surface area (Å²) < 4.78 is 31.9. The molecule has 2 amide bonds. The van der Waals surface area contributed by atoms with Crippen LogP contribution in [-0.2, 0) is 19.0 Å². The van der Waals surface area contributed by atoms with Gasteiger partial charge in [-0.15, -0.1) is 0 Å². The Morgan fingerprint density at radius 1 is 1.50 bits per heavy atom. The first-order chi connectivity index (χ1) is 8.40. The number of amides is 2. The maximum absolute atomic E-state index is 11.5. The molecule has 0 aromatic rings. The van der Waals surface area contributed by atoms with Crippen LogP contribution in [0.5, 0.6) is 0 Å². The van der Waals surface area contributed by atoms with Crippen LogP contribution in [0.1, 0.15) is 0 Å². The molecule has 0 spiro atoms. The van der Waals surface area contributed by atoms with Crippen LogP contribution in [0.2, 0.25) is 0 Å². The van der Waals surface area contributed by atoms with Crippen molar-refractivity contribution in [1.29, 1.82) is 0 Å². The molecule has 18 heavy (non-hydrogen) atoms. The molecule has 2 rings (SSSR count). The Balaban J connectivity index is 1.87. The van der Waals surface area contributed by atoms with Crippen LogP contribution in [-0.4, -0.2) is 63.1 Å². The molecule has 1 N–H and O–H groups in total. The summed E-state index contributed by atoms with van der Waals surface area (Å²) in [5.74, 6) is 0. The van der Waals surface area contributed by atoms with Gasteiger partial charge in [0.2, 0.25) is 6.35 Å². The summed E-state index contributed by atoms with van der Waals surface area (Å²) in [5, 5.41) is 2.49. The minimum absolute atomic E-state index is 0.291. The van der Waals surface area contributed by atoms with Gasteiger partial charge in [0.05, 0.1) is 6.26 Å². The molecule has 1 fully saturated rings. The lowest BCUT2D eigenvalue weighted by molar-refractivity contribution is -0.125. The largest absolute Gasteiger partial charge is 0.463 e. The van der Waals surface area contributed by atoms with E-state index >= 15 is 0 Å². The van der Waals surface area contributed by atoms with Crippen LogP contribution < -0.4 is 5.32 Å². The molecule has 9 heteroatoms. The second-order valence-electron chi connectivity index (χ2n) is 4.09. The van der Waals surface area contributed by atoms with E-state index in [-0.39, 0.29) is 12.1 Å². The molecular formula is C9H15N3O5S. The number of nitrogens with one attached hydrogen (secondary N) is 1. The molecule has 0 radical (unpaired) electrons. The van der Waals surface area contributed by atoms with E-state index in [0.717, 1.165) is 6.26 Å². The standard InChI is InChI=1S/C9H15N3O5S/c1-10-8(13)12-3-4-16-9(12)11-5-7(6-11)17-18(2,14)15/h3-4,7,9H,5-6H2,1-2H3,(H,10,13). The minimum Gasteiger partial charge on any atom is -0.463 e. The molecule has 1 atom stereocenters. The SMILES string of the molecule is CNC(=O)N1C=COC1N1CC(OS(C)(=O)=O)C1. The van der Waals surface area contributed by atoms with Gasteiger partial charge in [-0.25, -0.2) is 14.6 Å². The fourth-order valence-corrected chi connectivity index (χ4v) is 2.44. The van der Waals surface area contributed by atoms with Crippen LogP contribution >= 0.6 is 0 Å². The first-order valence-corrected chi connectivity index (χ1v) is 7.17. The van der Waals surface area contributed by atoms with Gasteiger partial charge in [0.15, 0.2) is 0 Å². The Morgan fingerprint density at radius 2 is 2.17 bits per heavy atom. The van der Waals surface area contributed by atoms with Crippen LogP contribution in [0.25, 0.3) is 0 Å². The van der Waals surface area contributed by atoms with Crippen molar-refractivity contribution in [1.82, 2.24) is 15.1 Å². The second kappa shape index (κ2) is 4.75. The highest BCUT2D eigenvalue weighted by molar-refractivity contribution is 7.86. The highest BCUT2D eigenvalue weighted by Gasteiger charge is 2.41. The monoisotopic (exact) mass is 277 g/mol. The summed E-state index contributed by atoms with van der Waals surface area (Å²) >= 11 is 0. The molecule has 0 bridgehead atoms. The lowest BCUT2D eigenvalue weighted by Crippen LogP contribution is -2.61.